The lowest BCUT2D eigenvalue weighted by Gasteiger charge is -2.13. The molecule has 1 atom stereocenters. The van der Waals surface area contributed by atoms with Crippen molar-refractivity contribution < 1.29 is 23.5 Å². The number of nitrogens with zero attached hydrogens (tertiary/aromatic N) is 2. The summed E-state index contributed by atoms with van der Waals surface area (Å²) in [6, 6.07) is 14.2. The number of aromatic nitrogens is 2. The molecule has 0 saturated heterocycles. The van der Waals surface area contributed by atoms with Gasteiger partial charge in [0.15, 0.2) is 11.9 Å². The van der Waals surface area contributed by atoms with Crippen LogP contribution in [0.4, 0.5) is 5.69 Å². The van der Waals surface area contributed by atoms with E-state index in [1.54, 1.807) is 24.3 Å². The number of hydrogen-bond donors (Lipinski definition) is 1. The van der Waals surface area contributed by atoms with Crippen LogP contribution < -0.4 is 5.32 Å². The highest BCUT2D eigenvalue weighted by atomic mass is 16.5. The summed E-state index contributed by atoms with van der Waals surface area (Å²) in [5.41, 5.74) is 2.85. The molecule has 0 radical (unpaired) electrons. The molecule has 31 heavy (non-hydrogen) atoms. The molecular weight excluding hydrogens is 398 g/mol. The van der Waals surface area contributed by atoms with Crippen LogP contribution in [0.2, 0.25) is 0 Å². The van der Waals surface area contributed by atoms with Gasteiger partial charge in [-0.05, 0) is 45.0 Å². The fraction of sp³-hybridized carbons (Fsp3) is 0.261. The largest absolute Gasteiger partial charge is 0.453 e. The van der Waals surface area contributed by atoms with Gasteiger partial charge in [0.1, 0.15) is 0 Å². The Kier molecular flexibility index (Phi) is 6.92. The van der Waals surface area contributed by atoms with Crippen molar-refractivity contribution in [2.24, 2.45) is 0 Å². The van der Waals surface area contributed by atoms with E-state index in [0.29, 0.717) is 23.0 Å². The predicted octanol–water partition coefficient (Wildman–Crippen LogP) is 3.75. The molecule has 1 unspecified atom stereocenters. The number of esters is 1. The Bertz CT molecular complexity index is 1090. The highest BCUT2D eigenvalue weighted by Gasteiger charge is 2.19. The van der Waals surface area contributed by atoms with Crippen LogP contribution in [0.3, 0.4) is 0 Å². The van der Waals surface area contributed by atoms with Crippen molar-refractivity contribution in [3.05, 3.63) is 65.5 Å². The molecule has 8 heteroatoms. The molecule has 160 valence electrons. The van der Waals surface area contributed by atoms with Gasteiger partial charge in [-0.1, -0.05) is 29.8 Å². The summed E-state index contributed by atoms with van der Waals surface area (Å²) in [4.78, 5) is 35.8. The van der Waals surface area contributed by atoms with Crippen molar-refractivity contribution in [3.8, 4) is 11.5 Å². The molecule has 0 saturated carbocycles. The van der Waals surface area contributed by atoms with Crippen LogP contribution in [0.5, 0.6) is 0 Å². The molecule has 1 heterocycles. The van der Waals surface area contributed by atoms with E-state index in [2.05, 4.69) is 15.5 Å². The molecule has 3 aromatic rings. The predicted molar refractivity (Wildman–Crippen MR) is 113 cm³/mol. The number of anilines is 1. The lowest BCUT2D eigenvalue weighted by atomic mass is 10.1. The third kappa shape index (κ3) is 6.08. The van der Waals surface area contributed by atoms with E-state index in [-0.39, 0.29) is 18.6 Å². The minimum absolute atomic E-state index is 0.00697. The SMILES string of the molecule is CC(=O)c1cccc(NC(=O)C(C)OC(=O)CCc2nnc(-c3ccc(C)cc3)o2)c1. The zero-order valence-corrected chi connectivity index (χ0v) is 17.5. The number of Topliss-reactive ketones (excluding diaryl/α,β-unsaturated/α-hetero) is 1. The molecule has 0 aliphatic heterocycles. The number of carbonyl (C=O) groups excluding carboxylic acids is 3. The summed E-state index contributed by atoms with van der Waals surface area (Å²) in [5.74, 6) is -0.472. The Labute approximate surface area is 179 Å². The molecule has 0 fully saturated rings. The lowest BCUT2D eigenvalue weighted by Crippen LogP contribution is -2.30. The second-order valence-electron chi connectivity index (χ2n) is 7.13. The topological polar surface area (TPSA) is 111 Å². The summed E-state index contributed by atoms with van der Waals surface area (Å²) in [6.07, 6.45) is -0.807. The fourth-order valence-corrected chi connectivity index (χ4v) is 2.75. The van der Waals surface area contributed by atoms with Crippen molar-refractivity contribution in [3.63, 3.8) is 0 Å². The Morgan fingerprint density at radius 2 is 1.84 bits per heavy atom. The van der Waals surface area contributed by atoms with Crippen LogP contribution in [0.25, 0.3) is 11.5 Å². The second kappa shape index (κ2) is 9.80. The maximum Gasteiger partial charge on any atom is 0.307 e. The van der Waals surface area contributed by atoms with Crippen LogP contribution in [0.1, 0.15) is 42.1 Å². The van der Waals surface area contributed by atoms with Gasteiger partial charge < -0.3 is 14.5 Å². The number of ketones is 1. The zero-order valence-electron chi connectivity index (χ0n) is 17.5. The first-order chi connectivity index (χ1) is 14.8. The number of amides is 1. The van der Waals surface area contributed by atoms with E-state index in [0.717, 1.165) is 11.1 Å². The number of carbonyl (C=O) groups is 3. The van der Waals surface area contributed by atoms with E-state index >= 15 is 0 Å². The minimum Gasteiger partial charge on any atom is -0.453 e. The number of hydrogen-bond acceptors (Lipinski definition) is 7. The smallest absolute Gasteiger partial charge is 0.307 e. The average Bonchev–Trinajstić information content (AvgIpc) is 3.22. The first kappa shape index (κ1) is 21.9. The summed E-state index contributed by atoms with van der Waals surface area (Å²) in [6.45, 7) is 4.90. The third-order valence-corrected chi connectivity index (χ3v) is 4.52. The van der Waals surface area contributed by atoms with Gasteiger partial charge in [-0.25, -0.2) is 0 Å². The third-order valence-electron chi connectivity index (χ3n) is 4.52. The van der Waals surface area contributed by atoms with Crippen molar-refractivity contribution >= 4 is 23.3 Å². The Morgan fingerprint density at radius 1 is 1.10 bits per heavy atom. The number of benzene rings is 2. The van der Waals surface area contributed by atoms with Gasteiger partial charge in [0, 0.05) is 23.2 Å². The molecule has 1 N–H and O–H groups in total. The van der Waals surface area contributed by atoms with E-state index < -0.39 is 18.0 Å². The van der Waals surface area contributed by atoms with E-state index in [1.807, 2.05) is 31.2 Å². The normalized spacial score (nSPS) is 11.6. The summed E-state index contributed by atoms with van der Waals surface area (Å²) in [7, 11) is 0. The molecule has 2 aromatic carbocycles. The lowest BCUT2D eigenvalue weighted by molar-refractivity contribution is -0.153. The Hall–Kier alpha value is -3.81. The van der Waals surface area contributed by atoms with Gasteiger partial charge in [0.25, 0.3) is 5.91 Å². The van der Waals surface area contributed by atoms with Crippen LogP contribution in [0, 0.1) is 6.92 Å². The van der Waals surface area contributed by atoms with Crippen LogP contribution in [-0.2, 0) is 20.7 Å². The van der Waals surface area contributed by atoms with Gasteiger partial charge in [0.05, 0.1) is 6.42 Å². The summed E-state index contributed by atoms with van der Waals surface area (Å²) >= 11 is 0. The maximum absolute atomic E-state index is 12.3. The highest BCUT2D eigenvalue weighted by molar-refractivity contribution is 5.98. The first-order valence-corrected chi connectivity index (χ1v) is 9.82. The van der Waals surface area contributed by atoms with Gasteiger partial charge in [-0.2, -0.15) is 0 Å². The Morgan fingerprint density at radius 3 is 2.55 bits per heavy atom. The van der Waals surface area contributed by atoms with Gasteiger partial charge in [-0.3, -0.25) is 14.4 Å². The first-order valence-electron chi connectivity index (χ1n) is 9.82. The molecule has 1 amide bonds. The van der Waals surface area contributed by atoms with E-state index in [1.165, 1.54) is 13.8 Å². The Balaban J connectivity index is 1.49. The molecule has 8 nitrogen and oxygen atoms in total. The molecular formula is C23H23N3O5. The molecule has 0 bridgehead atoms. The van der Waals surface area contributed by atoms with Crippen LogP contribution in [-0.4, -0.2) is 34.0 Å². The van der Waals surface area contributed by atoms with Crippen molar-refractivity contribution in [2.75, 3.05) is 5.32 Å². The summed E-state index contributed by atoms with van der Waals surface area (Å²) < 4.78 is 10.8. The van der Waals surface area contributed by atoms with E-state index in [4.69, 9.17) is 9.15 Å². The maximum atomic E-state index is 12.3. The molecule has 0 aliphatic carbocycles. The second-order valence-corrected chi connectivity index (χ2v) is 7.13. The molecule has 1 aromatic heterocycles. The van der Waals surface area contributed by atoms with Crippen molar-refractivity contribution in [1.82, 2.24) is 10.2 Å². The van der Waals surface area contributed by atoms with Crippen LogP contribution >= 0.6 is 0 Å². The quantitative estimate of drug-likeness (QED) is 0.435. The minimum atomic E-state index is -1.00. The van der Waals surface area contributed by atoms with Gasteiger partial charge in [-0.15, -0.1) is 10.2 Å². The number of ether oxygens (including phenoxy) is 1. The van der Waals surface area contributed by atoms with E-state index in [9.17, 15) is 14.4 Å². The standard InChI is InChI=1S/C23H23N3O5/c1-14-7-9-17(10-8-14)23-26-25-20(31-23)11-12-21(28)30-16(3)22(29)24-19-6-4-5-18(13-19)15(2)27/h4-10,13,16H,11-12H2,1-3H3,(H,24,29). The number of aryl methyl sites for hydroxylation is 2. The molecule has 0 spiro atoms. The fourth-order valence-electron chi connectivity index (χ4n) is 2.75. The monoisotopic (exact) mass is 421 g/mol. The highest BCUT2D eigenvalue weighted by Crippen LogP contribution is 2.19. The molecule has 0 aliphatic rings. The summed E-state index contributed by atoms with van der Waals surface area (Å²) in [5, 5.41) is 10.6. The number of rotatable bonds is 8. The van der Waals surface area contributed by atoms with Crippen molar-refractivity contribution in [2.45, 2.75) is 39.7 Å². The van der Waals surface area contributed by atoms with Gasteiger partial charge in [0.2, 0.25) is 11.8 Å². The van der Waals surface area contributed by atoms with Gasteiger partial charge >= 0.3 is 5.97 Å². The van der Waals surface area contributed by atoms with Crippen LogP contribution in [0.15, 0.2) is 52.9 Å². The zero-order chi connectivity index (χ0) is 22.4. The van der Waals surface area contributed by atoms with Crippen molar-refractivity contribution in [1.29, 1.82) is 0 Å². The average molecular weight is 421 g/mol. The number of nitrogens with one attached hydrogen (secondary N) is 1. The molecule has 3 rings (SSSR count).